The molecule has 0 amide bonds. The summed E-state index contributed by atoms with van der Waals surface area (Å²) < 4.78 is 31.2. The molecule has 0 aliphatic carbocycles. The number of fused-ring (bicyclic) bond motifs is 1. The second-order valence-corrected chi connectivity index (χ2v) is 9.14. The van der Waals surface area contributed by atoms with Gasteiger partial charge in [0, 0.05) is 13.2 Å². The Morgan fingerprint density at radius 3 is 2.76 bits per heavy atom. The lowest BCUT2D eigenvalue weighted by atomic mass is 10.2. The van der Waals surface area contributed by atoms with Crippen LogP contribution in [0.3, 0.4) is 0 Å². The number of imidazole rings is 1. The molecule has 12 heteroatoms. The minimum Gasteiger partial charge on any atom is -0.382 e. The van der Waals surface area contributed by atoms with E-state index in [1.165, 1.54) is 6.33 Å². The van der Waals surface area contributed by atoms with E-state index in [2.05, 4.69) is 20.0 Å². The van der Waals surface area contributed by atoms with Crippen molar-refractivity contribution in [1.82, 2.24) is 24.6 Å². The fourth-order valence-electron chi connectivity index (χ4n) is 3.12. The van der Waals surface area contributed by atoms with E-state index < -0.39 is 19.9 Å². The summed E-state index contributed by atoms with van der Waals surface area (Å²) in [6.07, 6.45) is 4.70. The molecule has 0 saturated carbocycles. The van der Waals surface area contributed by atoms with Crippen LogP contribution < -0.4 is 10.8 Å². The molecule has 0 radical (unpaired) electrons. The summed E-state index contributed by atoms with van der Waals surface area (Å²) >= 11 is 0. The molecule has 1 aliphatic rings. The van der Waals surface area contributed by atoms with E-state index in [1.807, 2.05) is 0 Å². The molecule has 3 atom stereocenters. The standard InChI is InChI=1S/C17H29N6O5P/c1-12(8-23-10-21-14-15(18)19-9-20-16(14)23)28-11-29(24,25)22-13(2)17-26-6-4-3-5-7-27-17/h9-10,12-13,17H,3-8,11H2,1-2H3,(H2,18,19,20)(H2,22,24,25)/t12-,13+/m1/s1. The lowest BCUT2D eigenvalue weighted by Crippen LogP contribution is -2.40. The van der Waals surface area contributed by atoms with E-state index in [1.54, 1.807) is 24.7 Å². The fourth-order valence-corrected chi connectivity index (χ4v) is 4.41. The summed E-state index contributed by atoms with van der Waals surface area (Å²) in [4.78, 5) is 22.6. The predicted molar refractivity (Wildman–Crippen MR) is 107 cm³/mol. The first-order valence-corrected chi connectivity index (χ1v) is 11.6. The van der Waals surface area contributed by atoms with Crippen LogP contribution in [-0.4, -0.2) is 62.4 Å². The third-order valence-corrected chi connectivity index (χ3v) is 5.89. The third kappa shape index (κ3) is 6.18. The maximum atomic E-state index is 12.5. The first kappa shape index (κ1) is 22.1. The third-order valence-electron chi connectivity index (χ3n) is 4.58. The largest absolute Gasteiger partial charge is 0.382 e. The van der Waals surface area contributed by atoms with Crippen molar-refractivity contribution in [2.24, 2.45) is 0 Å². The monoisotopic (exact) mass is 428 g/mol. The van der Waals surface area contributed by atoms with Crippen LogP contribution in [0.25, 0.3) is 11.2 Å². The quantitative estimate of drug-likeness (QED) is 0.528. The average Bonchev–Trinajstić information content (AvgIpc) is 3.04. The minimum absolute atomic E-state index is 0.305. The topological polar surface area (TPSA) is 147 Å². The summed E-state index contributed by atoms with van der Waals surface area (Å²) in [5.41, 5.74) is 6.89. The summed E-state index contributed by atoms with van der Waals surface area (Å²) in [5.74, 6) is 0.305. The zero-order valence-electron chi connectivity index (χ0n) is 16.7. The Morgan fingerprint density at radius 1 is 1.31 bits per heavy atom. The Kier molecular flexibility index (Phi) is 7.55. The molecule has 2 aromatic rings. The number of rotatable bonds is 8. The molecular formula is C17H29N6O5P. The van der Waals surface area contributed by atoms with Crippen molar-refractivity contribution in [3.63, 3.8) is 0 Å². The predicted octanol–water partition coefficient (Wildman–Crippen LogP) is 1.48. The van der Waals surface area contributed by atoms with Crippen molar-refractivity contribution in [3.05, 3.63) is 12.7 Å². The lowest BCUT2D eigenvalue weighted by molar-refractivity contribution is -0.163. The van der Waals surface area contributed by atoms with Crippen LogP contribution in [0.1, 0.15) is 33.1 Å². The van der Waals surface area contributed by atoms with Crippen LogP contribution in [0.2, 0.25) is 0 Å². The summed E-state index contributed by atoms with van der Waals surface area (Å²) in [7, 11) is -3.74. The van der Waals surface area contributed by atoms with E-state index in [0.717, 1.165) is 19.3 Å². The SMILES string of the molecule is C[C@H](Cn1cnc2c(N)ncnc21)OCP(=O)(O)N[C@@H](C)C1OCCCCCO1. The van der Waals surface area contributed by atoms with Crippen LogP contribution in [0.15, 0.2) is 12.7 Å². The van der Waals surface area contributed by atoms with Crippen LogP contribution in [0.4, 0.5) is 5.82 Å². The maximum absolute atomic E-state index is 12.5. The number of aromatic nitrogens is 4. The van der Waals surface area contributed by atoms with Gasteiger partial charge < -0.3 is 29.4 Å². The van der Waals surface area contributed by atoms with Gasteiger partial charge in [-0.2, -0.15) is 0 Å². The first-order valence-electron chi connectivity index (χ1n) is 9.71. The van der Waals surface area contributed by atoms with Gasteiger partial charge in [-0.25, -0.2) is 20.0 Å². The van der Waals surface area contributed by atoms with Crippen LogP contribution >= 0.6 is 7.52 Å². The van der Waals surface area contributed by atoms with Crippen molar-refractivity contribution in [1.29, 1.82) is 0 Å². The minimum atomic E-state index is -3.74. The molecule has 4 N–H and O–H groups in total. The van der Waals surface area contributed by atoms with Crippen molar-refractivity contribution in [3.8, 4) is 0 Å². The van der Waals surface area contributed by atoms with Gasteiger partial charge in [-0.15, -0.1) is 0 Å². The number of hydrogen-bond acceptors (Lipinski definition) is 8. The Balaban J connectivity index is 1.50. The second-order valence-electron chi connectivity index (χ2n) is 7.22. The Morgan fingerprint density at radius 2 is 2.03 bits per heavy atom. The maximum Gasteiger partial charge on any atom is 0.292 e. The van der Waals surface area contributed by atoms with Gasteiger partial charge in [-0.05, 0) is 33.1 Å². The molecule has 3 heterocycles. The van der Waals surface area contributed by atoms with E-state index in [0.29, 0.717) is 36.7 Å². The molecule has 3 rings (SSSR count). The number of nitrogens with two attached hydrogens (primary N) is 1. The number of nitrogens with zero attached hydrogens (tertiary/aromatic N) is 4. The second kappa shape index (κ2) is 9.92. The molecule has 0 bridgehead atoms. The van der Waals surface area contributed by atoms with E-state index in [-0.39, 0.29) is 12.5 Å². The molecule has 0 spiro atoms. The van der Waals surface area contributed by atoms with E-state index >= 15 is 0 Å². The molecule has 162 valence electrons. The lowest BCUT2D eigenvalue weighted by Gasteiger charge is -2.29. The van der Waals surface area contributed by atoms with Gasteiger partial charge in [0.1, 0.15) is 18.2 Å². The van der Waals surface area contributed by atoms with Gasteiger partial charge in [0.25, 0.3) is 7.52 Å². The molecule has 0 aromatic carbocycles. The van der Waals surface area contributed by atoms with Gasteiger partial charge in [0.05, 0.1) is 25.0 Å². The van der Waals surface area contributed by atoms with Crippen LogP contribution in [0.5, 0.6) is 0 Å². The van der Waals surface area contributed by atoms with Gasteiger partial charge in [0.2, 0.25) is 0 Å². The highest BCUT2D eigenvalue weighted by atomic mass is 31.2. The van der Waals surface area contributed by atoms with Crippen LogP contribution in [-0.2, 0) is 25.3 Å². The van der Waals surface area contributed by atoms with Crippen LogP contribution in [0, 0.1) is 0 Å². The van der Waals surface area contributed by atoms with Gasteiger partial charge in [0.15, 0.2) is 17.8 Å². The number of ether oxygens (including phenoxy) is 3. The number of anilines is 1. The number of nitrogens with one attached hydrogen (secondary N) is 1. The summed E-state index contributed by atoms with van der Waals surface area (Å²) in [6, 6.07) is -0.444. The van der Waals surface area contributed by atoms with Gasteiger partial charge >= 0.3 is 0 Å². The van der Waals surface area contributed by atoms with Crippen molar-refractivity contribution < 1.29 is 23.7 Å². The summed E-state index contributed by atoms with van der Waals surface area (Å²) in [5, 5.41) is 2.71. The average molecular weight is 428 g/mol. The molecule has 1 aliphatic heterocycles. The molecular weight excluding hydrogens is 399 g/mol. The highest BCUT2D eigenvalue weighted by molar-refractivity contribution is 7.55. The molecule has 11 nitrogen and oxygen atoms in total. The molecule has 1 fully saturated rings. The van der Waals surface area contributed by atoms with Crippen molar-refractivity contribution >= 4 is 24.5 Å². The smallest absolute Gasteiger partial charge is 0.292 e. The van der Waals surface area contributed by atoms with Gasteiger partial charge in [-0.3, -0.25) is 4.57 Å². The number of nitrogen functional groups attached to an aromatic ring is 1. The van der Waals surface area contributed by atoms with E-state index in [9.17, 15) is 9.46 Å². The number of hydrogen-bond donors (Lipinski definition) is 3. The zero-order chi connectivity index (χ0) is 20.9. The van der Waals surface area contributed by atoms with Crippen molar-refractivity contribution in [2.45, 2.75) is 58.1 Å². The molecule has 29 heavy (non-hydrogen) atoms. The van der Waals surface area contributed by atoms with Gasteiger partial charge in [-0.1, -0.05) is 0 Å². The fraction of sp³-hybridized carbons (Fsp3) is 0.706. The first-order chi connectivity index (χ1) is 13.9. The molecule has 2 aromatic heterocycles. The highest BCUT2D eigenvalue weighted by Gasteiger charge is 2.28. The highest BCUT2D eigenvalue weighted by Crippen LogP contribution is 2.37. The van der Waals surface area contributed by atoms with Crippen molar-refractivity contribution in [2.75, 3.05) is 25.3 Å². The Bertz CT molecular complexity index is 841. The Labute approximate surface area is 169 Å². The molecule has 1 saturated heterocycles. The normalized spacial score (nSPS) is 20.7. The zero-order valence-corrected chi connectivity index (χ0v) is 17.6. The molecule has 1 unspecified atom stereocenters. The summed E-state index contributed by atoms with van der Waals surface area (Å²) in [6.45, 7) is 5.12. The van der Waals surface area contributed by atoms with E-state index in [4.69, 9.17) is 19.9 Å². The Hall–Kier alpha value is -1.62.